The first-order valence-electron chi connectivity index (χ1n) is 10.4. The second-order valence-corrected chi connectivity index (χ2v) is 11.4. The molecule has 1 aromatic heterocycles. The summed E-state index contributed by atoms with van der Waals surface area (Å²) in [6, 6.07) is 34.3. The van der Waals surface area contributed by atoms with E-state index in [4.69, 9.17) is 4.53 Å². The van der Waals surface area contributed by atoms with Crippen LogP contribution in [0.4, 0.5) is 0 Å². The summed E-state index contributed by atoms with van der Waals surface area (Å²) < 4.78 is 8.14. The third-order valence-corrected chi connectivity index (χ3v) is 8.81. The molecule has 0 saturated heterocycles. The van der Waals surface area contributed by atoms with Crippen LogP contribution in [0.2, 0.25) is 0 Å². The van der Waals surface area contributed by atoms with Crippen LogP contribution < -0.4 is 0 Å². The minimum atomic E-state index is -2.42. The minimum Gasteiger partial charge on any atom is -0.454 e. The van der Waals surface area contributed by atoms with E-state index in [2.05, 4.69) is 88.3 Å². The number of nitrogens with zero attached hydrogens (tertiary/aromatic N) is 4. The lowest BCUT2D eigenvalue weighted by Crippen LogP contribution is -2.46. The topological polar surface area (TPSA) is 52.3 Å². The van der Waals surface area contributed by atoms with Crippen molar-refractivity contribution in [2.45, 2.75) is 18.1 Å². The van der Waals surface area contributed by atoms with Crippen LogP contribution in [0, 0.1) is 0 Å². The number of hydrogen-bond acceptors (Lipinski definition) is 4. The van der Waals surface area contributed by atoms with Crippen molar-refractivity contribution in [1.82, 2.24) is 15.0 Å². The zero-order valence-corrected chi connectivity index (χ0v) is 18.6. The van der Waals surface area contributed by atoms with Gasteiger partial charge in [-0.3, -0.25) is 4.68 Å². The summed E-state index contributed by atoms with van der Waals surface area (Å²) in [7, 11) is -0.580. The predicted octanol–water partition coefficient (Wildman–Crippen LogP) is 4.46. The van der Waals surface area contributed by atoms with Gasteiger partial charge in [0.2, 0.25) is 0 Å². The van der Waals surface area contributed by atoms with E-state index in [1.165, 1.54) is 16.7 Å². The minimum absolute atomic E-state index is 0.685. The quantitative estimate of drug-likeness (QED) is 0.226. The molecular formula is C25H26N4OSi. The summed E-state index contributed by atoms with van der Waals surface area (Å²) in [5.41, 5.74) is 4.51. The maximum atomic E-state index is 6.49. The molecule has 0 spiro atoms. The summed E-state index contributed by atoms with van der Waals surface area (Å²) >= 11 is 0. The van der Waals surface area contributed by atoms with Gasteiger partial charge in [0.05, 0.1) is 12.4 Å². The van der Waals surface area contributed by atoms with Crippen molar-refractivity contribution in [2.24, 2.45) is 12.2 Å². The first kappa shape index (κ1) is 20.7. The zero-order valence-electron chi connectivity index (χ0n) is 17.6. The molecule has 1 heterocycles. The molecular weight excluding hydrogens is 400 g/mol. The smallest absolute Gasteiger partial charge is 0.300 e. The SMILES string of the molecule is Cn1cc(C=NO[Si](Cc2ccccc2)(Cc2ccccc2)Cc2ccccc2)nn1. The van der Waals surface area contributed by atoms with E-state index < -0.39 is 8.32 Å². The largest absolute Gasteiger partial charge is 0.454 e. The van der Waals surface area contributed by atoms with E-state index in [1.54, 1.807) is 10.9 Å². The van der Waals surface area contributed by atoms with Gasteiger partial charge in [-0.15, -0.1) is 10.3 Å². The summed E-state index contributed by atoms with van der Waals surface area (Å²) in [4.78, 5) is 0. The second kappa shape index (κ2) is 10.00. The molecule has 0 aliphatic carbocycles. The molecule has 0 aliphatic rings. The van der Waals surface area contributed by atoms with Gasteiger partial charge >= 0.3 is 0 Å². The highest BCUT2D eigenvalue weighted by Crippen LogP contribution is 2.24. The zero-order chi connectivity index (χ0) is 21.4. The summed E-state index contributed by atoms with van der Waals surface area (Å²) in [6.07, 6.45) is 3.48. The van der Waals surface area contributed by atoms with Gasteiger partial charge in [-0.05, 0) is 16.7 Å². The first-order valence-corrected chi connectivity index (χ1v) is 12.9. The van der Waals surface area contributed by atoms with Crippen LogP contribution in [0.5, 0.6) is 0 Å². The Hall–Kier alpha value is -3.51. The molecule has 0 amide bonds. The Morgan fingerprint density at radius 2 is 1.23 bits per heavy atom. The monoisotopic (exact) mass is 426 g/mol. The molecule has 0 N–H and O–H groups in total. The molecule has 6 heteroatoms. The fraction of sp³-hybridized carbons (Fsp3) is 0.160. The molecule has 31 heavy (non-hydrogen) atoms. The van der Waals surface area contributed by atoms with Crippen LogP contribution in [0.3, 0.4) is 0 Å². The fourth-order valence-electron chi connectivity index (χ4n) is 3.80. The van der Waals surface area contributed by atoms with Gasteiger partial charge in [0, 0.05) is 25.2 Å². The lowest BCUT2D eigenvalue weighted by Gasteiger charge is -2.29. The molecule has 0 aliphatic heterocycles. The lowest BCUT2D eigenvalue weighted by molar-refractivity contribution is 0.319. The molecule has 0 saturated carbocycles. The number of oxime groups is 1. The van der Waals surface area contributed by atoms with Crippen LogP contribution in [0.15, 0.2) is 102 Å². The van der Waals surface area contributed by atoms with Gasteiger partial charge in [-0.1, -0.05) is 96.2 Å². The Labute approximate surface area is 184 Å². The predicted molar refractivity (Wildman–Crippen MR) is 126 cm³/mol. The van der Waals surface area contributed by atoms with Crippen LogP contribution >= 0.6 is 0 Å². The standard InChI is InChI=1S/C25H26N4OSi/c1-29-18-25(27-28-29)17-26-30-31(19-22-11-5-2-6-12-22,20-23-13-7-3-8-14-23)21-24-15-9-4-10-16-24/h2-18H,19-21H2,1H3. The number of rotatable bonds is 9. The van der Waals surface area contributed by atoms with Gasteiger partial charge in [0.25, 0.3) is 8.32 Å². The van der Waals surface area contributed by atoms with Crippen molar-refractivity contribution in [3.8, 4) is 0 Å². The molecule has 0 radical (unpaired) electrons. The number of benzene rings is 3. The third kappa shape index (κ3) is 5.99. The first-order chi connectivity index (χ1) is 15.2. The third-order valence-electron chi connectivity index (χ3n) is 5.16. The van der Waals surface area contributed by atoms with E-state index in [-0.39, 0.29) is 0 Å². The summed E-state index contributed by atoms with van der Waals surface area (Å²) in [5, 5.41) is 12.5. The normalized spacial score (nSPS) is 11.6. The number of aryl methyl sites for hydroxylation is 1. The van der Waals surface area contributed by atoms with Crippen molar-refractivity contribution >= 4 is 14.5 Å². The van der Waals surface area contributed by atoms with Crippen LogP contribution in [0.1, 0.15) is 22.4 Å². The van der Waals surface area contributed by atoms with Crippen molar-refractivity contribution in [2.75, 3.05) is 0 Å². The maximum absolute atomic E-state index is 6.49. The van der Waals surface area contributed by atoms with Gasteiger partial charge in [0.1, 0.15) is 5.69 Å². The molecule has 0 bridgehead atoms. The van der Waals surface area contributed by atoms with Gasteiger partial charge in [-0.2, -0.15) is 0 Å². The average molecular weight is 427 g/mol. The Morgan fingerprint density at radius 1 is 0.774 bits per heavy atom. The van der Waals surface area contributed by atoms with Crippen LogP contribution in [-0.4, -0.2) is 29.5 Å². The molecule has 0 atom stereocenters. The molecule has 0 fully saturated rings. The van der Waals surface area contributed by atoms with Crippen molar-refractivity contribution < 1.29 is 4.53 Å². The Morgan fingerprint density at radius 3 is 1.61 bits per heavy atom. The number of hydrogen-bond donors (Lipinski definition) is 0. The molecule has 4 rings (SSSR count). The molecule has 3 aromatic carbocycles. The van der Waals surface area contributed by atoms with Gasteiger partial charge in [0.15, 0.2) is 0 Å². The molecule has 5 nitrogen and oxygen atoms in total. The summed E-state index contributed by atoms with van der Waals surface area (Å²) in [6.45, 7) is 0. The highest BCUT2D eigenvalue weighted by Gasteiger charge is 2.39. The Bertz CT molecular complexity index is 997. The Balaban J connectivity index is 1.68. The van der Waals surface area contributed by atoms with Crippen molar-refractivity contribution in [3.63, 3.8) is 0 Å². The second-order valence-electron chi connectivity index (χ2n) is 7.81. The highest BCUT2D eigenvalue weighted by atomic mass is 28.4. The van der Waals surface area contributed by atoms with Gasteiger partial charge < -0.3 is 4.53 Å². The van der Waals surface area contributed by atoms with E-state index in [0.29, 0.717) is 5.69 Å². The van der Waals surface area contributed by atoms with Crippen molar-refractivity contribution in [1.29, 1.82) is 0 Å². The van der Waals surface area contributed by atoms with E-state index in [0.717, 1.165) is 18.1 Å². The maximum Gasteiger partial charge on any atom is 0.300 e. The van der Waals surface area contributed by atoms with Gasteiger partial charge in [-0.25, -0.2) is 0 Å². The lowest BCUT2D eigenvalue weighted by atomic mass is 10.2. The number of aromatic nitrogens is 3. The average Bonchev–Trinajstić information content (AvgIpc) is 3.21. The molecule has 156 valence electrons. The van der Waals surface area contributed by atoms with E-state index >= 15 is 0 Å². The van der Waals surface area contributed by atoms with Crippen molar-refractivity contribution in [3.05, 3.63) is 120 Å². The highest BCUT2D eigenvalue weighted by molar-refractivity contribution is 6.72. The molecule has 0 unspecified atom stereocenters. The van der Waals surface area contributed by atoms with E-state index in [1.807, 2.05) is 31.4 Å². The van der Waals surface area contributed by atoms with E-state index in [9.17, 15) is 0 Å². The summed E-state index contributed by atoms with van der Waals surface area (Å²) in [5.74, 6) is 0. The van der Waals surface area contributed by atoms with Crippen LogP contribution in [-0.2, 0) is 29.7 Å². The fourth-order valence-corrected chi connectivity index (χ4v) is 7.59. The Kier molecular flexibility index (Phi) is 6.69. The van der Waals surface area contributed by atoms with Crippen LogP contribution in [0.25, 0.3) is 0 Å². The molecule has 4 aromatic rings.